The maximum atomic E-state index is 14.4. The lowest BCUT2D eigenvalue weighted by molar-refractivity contribution is -0.118. The molecule has 2 unspecified atom stereocenters. The molecule has 1 aliphatic heterocycles. The van der Waals surface area contributed by atoms with Gasteiger partial charge in [0.2, 0.25) is 15.9 Å². The Bertz CT molecular complexity index is 1020. The number of nitrogens with zero attached hydrogens (tertiary/aromatic N) is 1. The summed E-state index contributed by atoms with van der Waals surface area (Å²) in [4.78, 5) is 14.5. The Morgan fingerprint density at radius 1 is 1.39 bits per heavy atom. The van der Waals surface area contributed by atoms with Crippen molar-refractivity contribution < 1.29 is 17.6 Å². The number of carbonyl (C=O) groups excluding carboxylic acids is 1. The number of rotatable bonds is 6. The van der Waals surface area contributed by atoms with Crippen molar-refractivity contribution in [3.05, 3.63) is 56.3 Å². The molecule has 2 atom stereocenters. The number of nitrogens with one attached hydrogen (secondary N) is 1. The van der Waals surface area contributed by atoms with E-state index in [2.05, 4.69) is 20.7 Å². The molecule has 150 valence electrons. The van der Waals surface area contributed by atoms with E-state index in [-0.39, 0.29) is 23.5 Å². The third-order valence-electron chi connectivity index (χ3n) is 4.24. The fourth-order valence-corrected chi connectivity index (χ4v) is 5.18. The van der Waals surface area contributed by atoms with Crippen LogP contribution in [-0.2, 0) is 14.8 Å². The lowest BCUT2D eigenvalue weighted by Gasteiger charge is -2.18. The molecule has 2 heterocycles. The third-order valence-corrected chi connectivity index (χ3v) is 7.07. The SMILES string of the molecule is CC(Br)c1ccc(N2CCC(NS(=O)(=O)/C=C/c3ccc(Cl)s3)C2=O)c(F)c1. The van der Waals surface area contributed by atoms with E-state index < -0.39 is 27.8 Å². The van der Waals surface area contributed by atoms with Crippen LogP contribution >= 0.6 is 38.9 Å². The average molecular weight is 508 g/mol. The minimum atomic E-state index is -3.83. The minimum Gasteiger partial charge on any atom is -0.308 e. The molecule has 1 aliphatic rings. The van der Waals surface area contributed by atoms with Crippen molar-refractivity contribution in [1.82, 2.24) is 4.72 Å². The van der Waals surface area contributed by atoms with Gasteiger partial charge in [0, 0.05) is 21.7 Å². The molecule has 1 amide bonds. The molecule has 1 aromatic heterocycles. The number of benzene rings is 1. The molecule has 1 aromatic carbocycles. The third kappa shape index (κ3) is 5.01. The molecule has 1 saturated heterocycles. The number of alkyl halides is 1. The molecule has 1 N–H and O–H groups in total. The zero-order valence-corrected chi connectivity index (χ0v) is 18.7. The molecule has 0 radical (unpaired) electrons. The van der Waals surface area contributed by atoms with Crippen LogP contribution in [0.2, 0.25) is 4.34 Å². The number of carbonyl (C=O) groups is 1. The Balaban J connectivity index is 1.71. The summed E-state index contributed by atoms with van der Waals surface area (Å²) < 4.78 is 41.9. The smallest absolute Gasteiger partial charge is 0.245 e. The highest BCUT2D eigenvalue weighted by Gasteiger charge is 2.35. The van der Waals surface area contributed by atoms with Gasteiger partial charge >= 0.3 is 0 Å². The van der Waals surface area contributed by atoms with Gasteiger partial charge in [-0.2, -0.15) is 4.72 Å². The van der Waals surface area contributed by atoms with Gasteiger partial charge in [0.05, 0.1) is 10.0 Å². The van der Waals surface area contributed by atoms with Gasteiger partial charge in [-0.25, -0.2) is 12.8 Å². The summed E-state index contributed by atoms with van der Waals surface area (Å²) >= 11 is 10.4. The van der Waals surface area contributed by atoms with Crippen molar-refractivity contribution in [1.29, 1.82) is 0 Å². The van der Waals surface area contributed by atoms with Crippen LogP contribution in [0, 0.1) is 5.82 Å². The van der Waals surface area contributed by atoms with Gasteiger partial charge in [-0.3, -0.25) is 4.79 Å². The van der Waals surface area contributed by atoms with Crippen molar-refractivity contribution in [2.24, 2.45) is 0 Å². The topological polar surface area (TPSA) is 66.5 Å². The molecule has 0 bridgehead atoms. The Morgan fingerprint density at radius 3 is 2.75 bits per heavy atom. The van der Waals surface area contributed by atoms with E-state index in [4.69, 9.17) is 11.6 Å². The van der Waals surface area contributed by atoms with E-state index in [9.17, 15) is 17.6 Å². The van der Waals surface area contributed by atoms with E-state index in [1.165, 1.54) is 34.4 Å². The van der Waals surface area contributed by atoms with Crippen LogP contribution in [0.3, 0.4) is 0 Å². The normalized spacial score (nSPS) is 18.9. The first-order valence-electron chi connectivity index (χ1n) is 8.37. The van der Waals surface area contributed by atoms with Gasteiger partial charge in [0.25, 0.3) is 0 Å². The molecular weight excluding hydrogens is 491 g/mol. The fraction of sp³-hybridized carbons (Fsp3) is 0.278. The number of hydrogen-bond donors (Lipinski definition) is 1. The zero-order valence-electron chi connectivity index (χ0n) is 14.7. The Labute approximate surface area is 180 Å². The number of amides is 1. The summed E-state index contributed by atoms with van der Waals surface area (Å²) in [5, 5.41) is 0.998. The molecule has 0 spiro atoms. The Kier molecular flexibility index (Phi) is 6.61. The highest BCUT2D eigenvalue weighted by molar-refractivity contribution is 9.09. The summed E-state index contributed by atoms with van der Waals surface area (Å²) in [6.07, 6.45) is 1.67. The van der Waals surface area contributed by atoms with Crippen LogP contribution in [0.5, 0.6) is 0 Å². The standard InChI is InChI=1S/C18H17BrClFN2O3S2/c1-11(19)12-2-4-16(14(21)10-12)23-8-6-15(18(23)24)22-28(25,26)9-7-13-3-5-17(20)27-13/h2-5,7,9-11,15,22H,6,8H2,1H3/b9-7+. The van der Waals surface area contributed by atoms with Crippen molar-refractivity contribution in [2.45, 2.75) is 24.2 Å². The van der Waals surface area contributed by atoms with Crippen LogP contribution in [0.1, 0.15) is 28.6 Å². The monoisotopic (exact) mass is 506 g/mol. The zero-order chi connectivity index (χ0) is 20.5. The molecule has 10 heteroatoms. The summed E-state index contributed by atoms with van der Waals surface area (Å²) in [6.45, 7) is 2.11. The number of thiophene rings is 1. The highest BCUT2D eigenvalue weighted by Crippen LogP contribution is 2.30. The first-order chi connectivity index (χ1) is 13.2. The lowest BCUT2D eigenvalue weighted by Crippen LogP contribution is -2.40. The molecule has 5 nitrogen and oxygen atoms in total. The molecule has 1 fully saturated rings. The Morgan fingerprint density at radius 2 is 2.14 bits per heavy atom. The maximum Gasteiger partial charge on any atom is 0.245 e. The summed E-state index contributed by atoms with van der Waals surface area (Å²) in [7, 11) is -3.83. The first kappa shape index (κ1) is 21.4. The second-order valence-electron chi connectivity index (χ2n) is 6.27. The first-order valence-corrected chi connectivity index (χ1v) is 12.0. The van der Waals surface area contributed by atoms with E-state index in [0.29, 0.717) is 9.21 Å². The number of anilines is 1. The molecule has 0 aliphatic carbocycles. The summed E-state index contributed by atoms with van der Waals surface area (Å²) in [5.41, 5.74) is 0.899. The van der Waals surface area contributed by atoms with Crippen LogP contribution in [0.15, 0.2) is 35.7 Å². The van der Waals surface area contributed by atoms with E-state index in [1.54, 1.807) is 18.2 Å². The van der Waals surface area contributed by atoms with E-state index >= 15 is 0 Å². The highest BCUT2D eigenvalue weighted by atomic mass is 79.9. The van der Waals surface area contributed by atoms with Gasteiger partial charge in [0.1, 0.15) is 11.9 Å². The van der Waals surface area contributed by atoms with Crippen LogP contribution in [-0.4, -0.2) is 26.9 Å². The maximum absolute atomic E-state index is 14.4. The van der Waals surface area contributed by atoms with Crippen LogP contribution < -0.4 is 9.62 Å². The number of hydrogen-bond acceptors (Lipinski definition) is 4. The molecule has 2 aromatic rings. The van der Waals surface area contributed by atoms with Gasteiger partial charge in [0.15, 0.2) is 0 Å². The van der Waals surface area contributed by atoms with E-state index in [0.717, 1.165) is 11.0 Å². The summed E-state index contributed by atoms with van der Waals surface area (Å²) in [5.74, 6) is -0.996. The van der Waals surface area contributed by atoms with Gasteiger partial charge in [-0.1, -0.05) is 33.6 Å². The van der Waals surface area contributed by atoms with E-state index in [1.807, 2.05) is 6.92 Å². The fourth-order valence-electron chi connectivity index (χ4n) is 2.83. The second kappa shape index (κ2) is 8.62. The molecule has 28 heavy (non-hydrogen) atoms. The van der Waals surface area contributed by atoms with Crippen molar-refractivity contribution >= 4 is 66.6 Å². The number of halogens is 3. The predicted molar refractivity (Wildman–Crippen MR) is 115 cm³/mol. The summed E-state index contributed by atoms with van der Waals surface area (Å²) in [6, 6.07) is 7.07. The van der Waals surface area contributed by atoms with Gasteiger partial charge in [-0.15, -0.1) is 11.3 Å². The average Bonchev–Trinajstić information content (AvgIpc) is 3.19. The lowest BCUT2D eigenvalue weighted by atomic mass is 10.1. The van der Waals surface area contributed by atoms with Gasteiger partial charge < -0.3 is 4.90 Å². The molecule has 3 rings (SSSR count). The van der Waals surface area contributed by atoms with Crippen molar-refractivity contribution in [2.75, 3.05) is 11.4 Å². The quantitative estimate of drug-likeness (QED) is 0.577. The minimum absolute atomic E-state index is 0.0186. The second-order valence-corrected chi connectivity index (χ2v) is 11.0. The van der Waals surface area contributed by atoms with Crippen molar-refractivity contribution in [3.8, 4) is 0 Å². The van der Waals surface area contributed by atoms with Crippen LogP contribution in [0.4, 0.5) is 10.1 Å². The molecular formula is C18H17BrClFN2O3S2. The largest absolute Gasteiger partial charge is 0.308 e. The Hall–Kier alpha value is -1.26. The van der Waals surface area contributed by atoms with Gasteiger partial charge in [-0.05, 0) is 49.2 Å². The molecule has 0 saturated carbocycles. The van der Waals surface area contributed by atoms with Crippen molar-refractivity contribution in [3.63, 3.8) is 0 Å². The predicted octanol–water partition coefficient (Wildman–Crippen LogP) is 4.69. The number of sulfonamides is 1. The van der Waals surface area contributed by atoms with Crippen LogP contribution in [0.25, 0.3) is 6.08 Å².